The van der Waals surface area contributed by atoms with Crippen LogP contribution in [0.5, 0.6) is 0 Å². The largest absolute Gasteiger partial charge is 0.324 e. The normalized spacial score (nSPS) is 9.71. The van der Waals surface area contributed by atoms with Crippen molar-refractivity contribution in [2.24, 2.45) is 0 Å². The molecule has 0 bridgehead atoms. The van der Waals surface area contributed by atoms with Crippen LogP contribution in [-0.4, -0.2) is 9.97 Å². The number of halogens is 2. The molecule has 17 heavy (non-hydrogen) atoms. The van der Waals surface area contributed by atoms with Crippen molar-refractivity contribution in [3.63, 3.8) is 0 Å². The third-order valence-corrected chi connectivity index (χ3v) is 2.63. The molecule has 0 atom stereocenters. The predicted octanol–water partition coefficient (Wildman–Crippen LogP) is 3.40. The number of anilines is 2. The van der Waals surface area contributed by atoms with Crippen LogP contribution in [0.15, 0.2) is 30.5 Å². The van der Waals surface area contributed by atoms with Crippen molar-refractivity contribution in [1.29, 1.82) is 5.26 Å². The van der Waals surface area contributed by atoms with Crippen LogP contribution in [0.25, 0.3) is 0 Å². The first-order valence-electron chi connectivity index (χ1n) is 4.64. The van der Waals surface area contributed by atoms with Crippen LogP contribution in [0.2, 0.25) is 10.2 Å². The number of aromatic nitrogens is 2. The molecule has 1 N–H and O–H groups in total. The summed E-state index contributed by atoms with van der Waals surface area (Å²) in [4.78, 5) is 7.93. The van der Waals surface area contributed by atoms with E-state index in [1.165, 1.54) is 6.20 Å². The average molecular weight is 265 g/mol. The van der Waals surface area contributed by atoms with Gasteiger partial charge < -0.3 is 5.32 Å². The molecule has 1 aromatic heterocycles. The smallest absolute Gasteiger partial charge is 0.228 e. The minimum atomic E-state index is 0.192. The number of benzene rings is 1. The molecule has 1 aromatic carbocycles. The molecule has 4 nitrogen and oxygen atoms in total. The summed E-state index contributed by atoms with van der Waals surface area (Å²) < 4.78 is 0. The Bertz CT molecular complexity index is 575. The van der Waals surface area contributed by atoms with E-state index in [-0.39, 0.29) is 5.15 Å². The number of rotatable bonds is 2. The average Bonchev–Trinajstić information content (AvgIpc) is 2.35. The molecule has 6 heteroatoms. The summed E-state index contributed by atoms with van der Waals surface area (Å²) in [6, 6.07) is 8.93. The van der Waals surface area contributed by atoms with E-state index in [1.807, 2.05) is 6.07 Å². The van der Waals surface area contributed by atoms with Gasteiger partial charge >= 0.3 is 0 Å². The molecule has 0 spiro atoms. The Hall–Kier alpha value is -1.83. The summed E-state index contributed by atoms with van der Waals surface area (Å²) >= 11 is 11.5. The van der Waals surface area contributed by atoms with Crippen LogP contribution < -0.4 is 5.32 Å². The molecule has 0 aliphatic carbocycles. The van der Waals surface area contributed by atoms with Gasteiger partial charge in [0.15, 0.2) is 5.15 Å². The summed E-state index contributed by atoms with van der Waals surface area (Å²) in [5.41, 5.74) is 1.35. The topological polar surface area (TPSA) is 61.6 Å². The predicted molar refractivity (Wildman–Crippen MR) is 66.5 cm³/mol. The van der Waals surface area contributed by atoms with Crippen LogP contribution in [0.4, 0.5) is 11.6 Å². The van der Waals surface area contributed by atoms with Crippen molar-refractivity contribution in [3.05, 3.63) is 46.2 Å². The van der Waals surface area contributed by atoms with Gasteiger partial charge in [-0.25, -0.2) is 4.98 Å². The summed E-state index contributed by atoms with van der Waals surface area (Å²) in [7, 11) is 0. The summed E-state index contributed by atoms with van der Waals surface area (Å²) in [6.45, 7) is 0. The zero-order valence-corrected chi connectivity index (χ0v) is 10.00. The van der Waals surface area contributed by atoms with Crippen molar-refractivity contribution in [1.82, 2.24) is 9.97 Å². The molecule has 2 aromatic rings. The Morgan fingerprint density at radius 1 is 1.18 bits per heavy atom. The van der Waals surface area contributed by atoms with Crippen LogP contribution in [0, 0.1) is 11.3 Å². The first kappa shape index (κ1) is 11.6. The molecule has 0 radical (unpaired) electrons. The highest BCUT2D eigenvalue weighted by Crippen LogP contribution is 2.21. The van der Waals surface area contributed by atoms with E-state index in [9.17, 15) is 0 Å². The Morgan fingerprint density at radius 3 is 2.47 bits per heavy atom. The Kier molecular flexibility index (Phi) is 3.43. The van der Waals surface area contributed by atoms with Gasteiger partial charge in [0.2, 0.25) is 5.95 Å². The molecule has 0 aliphatic rings. The van der Waals surface area contributed by atoms with E-state index in [1.54, 1.807) is 24.3 Å². The van der Waals surface area contributed by atoms with Crippen LogP contribution in [0.1, 0.15) is 5.56 Å². The first-order chi connectivity index (χ1) is 8.19. The van der Waals surface area contributed by atoms with E-state index in [0.717, 1.165) is 5.69 Å². The SMILES string of the molecule is N#Cc1ccc(Nc2ncc(Cl)c(Cl)n2)cc1. The minimum Gasteiger partial charge on any atom is -0.324 e. The van der Waals surface area contributed by atoms with Crippen LogP contribution in [0.3, 0.4) is 0 Å². The minimum absolute atomic E-state index is 0.192. The molecule has 0 fully saturated rings. The lowest BCUT2D eigenvalue weighted by atomic mass is 10.2. The molecule has 0 amide bonds. The van der Waals surface area contributed by atoms with E-state index in [0.29, 0.717) is 16.5 Å². The molecule has 1 heterocycles. The monoisotopic (exact) mass is 264 g/mol. The maximum atomic E-state index is 8.66. The van der Waals surface area contributed by atoms with Gasteiger partial charge in [-0.3, -0.25) is 0 Å². The zero-order valence-electron chi connectivity index (χ0n) is 8.48. The standard InChI is InChI=1S/C11H6Cl2N4/c12-9-6-15-11(17-10(9)13)16-8-3-1-7(5-14)2-4-8/h1-4,6H,(H,15,16,17). The summed E-state index contributed by atoms with van der Waals surface area (Å²) in [5.74, 6) is 0.351. The number of hydrogen-bond donors (Lipinski definition) is 1. The van der Waals surface area contributed by atoms with E-state index >= 15 is 0 Å². The van der Waals surface area contributed by atoms with Gasteiger partial charge in [-0.2, -0.15) is 10.2 Å². The number of nitrogens with zero attached hydrogens (tertiary/aromatic N) is 3. The molecule has 84 valence electrons. The Balaban J connectivity index is 2.20. The Labute approximate surface area is 108 Å². The second-order valence-corrected chi connectivity index (χ2v) is 3.91. The lowest BCUT2D eigenvalue weighted by Crippen LogP contribution is -1.96. The highest BCUT2D eigenvalue weighted by Gasteiger charge is 2.03. The first-order valence-corrected chi connectivity index (χ1v) is 5.40. The molecule has 0 saturated carbocycles. The van der Waals surface area contributed by atoms with Crippen LogP contribution in [-0.2, 0) is 0 Å². The summed E-state index contributed by atoms with van der Waals surface area (Å²) in [6.07, 6.45) is 1.42. The molecule has 2 rings (SSSR count). The fourth-order valence-corrected chi connectivity index (χ4v) is 1.38. The number of nitriles is 1. The highest BCUT2D eigenvalue weighted by atomic mass is 35.5. The third kappa shape index (κ3) is 2.84. The Morgan fingerprint density at radius 2 is 1.88 bits per heavy atom. The second-order valence-electron chi connectivity index (χ2n) is 3.15. The molecular formula is C11H6Cl2N4. The van der Waals surface area contributed by atoms with Gasteiger partial charge in [-0.15, -0.1) is 0 Å². The van der Waals surface area contributed by atoms with Crippen molar-refractivity contribution >= 4 is 34.8 Å². The van der Waals surface area contributed by atoms with Crippen LogP contribution >= 0.6 is 23.2 Å². The molecule has 0 aliphatic heterocycles. The molecule has 0 saturated heterocycles. The lowest BCUT2D eigenvalue weighted by molar-refractivity contribution is 1.17. The van der Waals surface area contributed by atoms with E-state index in [2.05, 4.69) is 15.3 Å². The third-order valence-electron chi connectivity index (χ3n) is 1.97. The quantitative estimate of drug-likeness (QED) is 0.845. The van der Waals surface area contributed by atoms with Gasteiger partial charge in [0, 0.05) is 5.69 Å². The van der Waals surface area contributed by atoms with Crippen molar-refractivity contribution in [2.45, 2.75) is 0 Å². The van der Waals surface area contributed by atoms with Gasteiger partial charge in [-0.1, -0.05) is 23.2 Å². The number of nitrogens with one attached hydrogen (secondary N) is 1. The van der Waals surface area contributed by atoms with E-state index in [4.69, 9.17) is 28.5 Å². The summed E-state index contributed by atoms with van der Waals surface area (Å²) in [5, 5.41) is 12.1. The van der Waals surface area contributed by atoms with Gasteiger partial charge in [0.25, 0.3) is 0 Å². The maximum absolute atomic E-state index is 8.66. The van der Waals surface area contributed by atoms with Gasteiger partial charge in [-0.05, 0) is 24.3 Å². The van der Waals surface area contributed by atoms with Crippen molar-refractivity contribution in [3.8, 4) is 6.07 Å². The number of hydrogen-bond acceptors (Lipinski definition) is 4. The fraction of sp³-hybridized carbons (Fsp3) is 0. The maximum Gasteiger partial charge on any atom is 0.228 e. The second kappa shape index (κ2) is 5.00. The molecular weight excluding hydrogens is 259 g/mol. The molecule has 0 unspecified atom stereocenters. The lowest BCUT2D eigenvalue weighted by Gasteiger charge is -2.04. The van der Waals surface area contributed by atoms with Gasteiger partial charge in [0.05, 0.1) is 22.9 Å². The highest BCUT2D eigenvalue weighted by molar-refractivity contribution is 6.41. The van der Waals surface area contributed by atoms with Gasteiger partial charge in [0.1, 0.15) is 0 Å². The van der Waals surface area contributed by atoms with E-state index < -0.39 is 0 Å². The fourth-order valence-electron chi connectivity index (χ4n) is 1.16. The van der Waals surface area contributed by atoms with Crippen molar-refractivity contribution < 1.29 is 0 Å². The zero-order chi connectivity index (χ0) is 12.3. The van der Waals surface area contributed by atoms with Crippen molar-refractivity contribution in [2.75, 3.05) is 5.32 Å².